The zero-order chi connectivity index (χ0) is 12.7. The molecule has 0 aromatic heterocycles. The van der Waals surface area contributed by atoms with Gasteiger partial charge < -0.3 is 19.9 Å². The summed E-state index contributed by atoms with van der Waals surface area (Å²) in [5.74, 6) is 0.473. The van der Waals surface area contributed by atoms with E-state index in [0.29, 0.717) is 24.7 Å². The van der Waals surface area contributed by atoms with Crippen molar-refractivity contribution < 1.29 is 19.4 Å². The monoisotopic (exact) mass is 275 g/mol. The molecular weight excluding hydrogens is 258 g/mol. The molecule has 0 aliphatic rings. The molecule has 2 N–H and O–H groups in total. The Morgan fingerprint density at radius 3 is 2.67 bits per heavy atom. The van der Waals surface area contributed by atoms with Gasteiger partial charge in [0.1, 0.15) is 0 Å². The Morgan fingerprint density at radius 2 is 2.11 bits per heavy atom. The van der Waals surface area contributed by atoms with Gasteiger partial charge in [0.05, 0.1) is 20.3 Å². The van der Waals surface area contributed by atoms with Crippen molar-refractivity contribution in [1.82, 2.24) is 5.32 Å². The van der Waals surface area contributed by atoms with Crippen molar-refractivity contribution >= 4 is 18.4 Å². The van der Waals surface area contributed by atoms with Gasteiger partial charge in [0.15, 0.2) is 11.5 Å². The first kappa shape index (κ1) is 16.5. The average Bonchev–Trinajstić information content (AvgIpc) is 2.30. The van der Waals surface area contributed by atoms with E-state index in [1.165, 1.54) is 0 Å². The van der Waals surface area contributed by atoms with Crippen molar-refractivity contribution in [3.63, 3.8) is 0 Å². The van der Waals surface area contributed by atoms with Gasteiger partial charge in [0, 0.05) is 6.54 Å². The number of hydrogen-bond donors (Lipinski definition) is 2. The van der Waals surface area contributed by atoms with Crippen LogP contribution in [0.25, 0.3) is 0 Å². The van der Waals surface area contributed by atoms with Crippen LogP contribution < -0.4 is 14.8 Å². The molecule has 0 bridgehead atoms. The lowest BCUT2D eigenvalue weighted by molar-refractivity contribution is -0.135. The maximum absolute atomic E-state index is 10.3. The molecule has 0 fully saturated rings. The van der Waals surface area contributed by atoms with E-state index >= 15 is 0 Å². The number of aliphatic carboxylic acids is 1. The Kier molecular flexibility index (Phi) is 7.91. The molecule has 0 atom stereocenters. The second kappa shape index (κ2) is 8.60. The van der Waals surface area contributed by atoms with Crippen molar-refractivity contribution in [2.45, 2.75) is 13.5 Å². The number of benzene rings is 1. The van der Waals surface area contributed by atoms with E-state index in [4.69, 9.17) is 14.6 Å². The standard InChI is InChI=1S/C12H17NO4.ClH/c1-3-17-10-5-4-9(6-11(10)16-2)7-13-8-12(14)15;/h4-6,13H,3,7-8H2,1-2H3,(H,14,15);1H. The van der Waals surface area contributed by atoms with E-state index < -0.39 is 5.97 Å². The van der Waals surface area contributed by atoms with E-state index in [2.05, 4.69) is 5.32 Å². The van der Waals surface area contributed by atoms with E-state index in [1.54, 1.807) is 7.11 Å². The number of carboxylic acid groups (broad SMARTS) is 1. The van der Waals surface area contributed by atoms with E-state index in [-0.39, 0.29) is 19.0 Å². The summed E-state index contributed by atoms with van der Waals surface area (Å²) in [6, 6.07) is 5.53. The first-order chi connectivity index (χ1) is 8.17. The summed E-state index contributed by atoms with van der Waals surface area (Å²) in [5.41, 5.74) is 0.951. The highest BCUT2D eigenvalue weighted by Crippen LogP contribution is 2.27. The lowest BCUT2D eigenvalue weighted by Crippen LogP contribution is -2.21. The average molecular weight is 276 g/mol. The molecule has 18 heavy (non-hydrogen) atoms. The van der Waals surface area contributed by atoms with Gasteiger partial charge in [-0.3, -0.25) is 4.79 Å². The highest BCUT2D eigenvalue weighted by Gasteiger charge is 2.05. The van der Waals surface area contributed by atoms with Gasteiger partial charge in [-0.2, -0.15) is 0 Å². The van der Waals surface area contributed by atoms with Crippen LogP contribution in [0.3, 0.4) is 0 Å². The Bertz CT molecular complexity index is 384. The summed E-state index contributed by atoms with van der Waals surface area (Å²) in [4.78, 5) is 10.3. The Labute approximate surface area is 113 Å². The maximum atomic E-state index is 10.3. The zero-order valence-corrected chi connectivity index (χ0v) is 11.3. The summed E-state index contributed by atoms with van der Waals surface area (Å²) in [7, 11) is 1.58. The molecule has 0 saturated heterocycles. The van der Waals surface area contributed by atoms with Crippen LogP contribution in [0.4, 0.5) is 0 Å². The molecule has 102 valence electrons. The van der Waals surface area contributed by atoms with Crippen molar-refractivity contribution in [2.24, 2.45) is 0 Å². The minimum atomic E-state index is -0.872. The molecule has 0 amide bonds. The summed E-state index contributed by atoms with van der Waals surface area (Å²) >= 11 is 0. The predicted octanol–water partition coefficient (Wildman–Crippen LogP) is 1.69. The van der Waals surface area contributed by atoms with Gasteiger partial charge in [-0.25, -0.2) is 0 Å². The van der Waals surface area contributed by atoms with Gasteiger partial charge in [0.2, 0.25) is 0 Å². The van der Waals surface area contributed by atoms with Gasteiger partial charge in [-0.15, -0.1) is 12.4 Å². The number of nitrogens with one attached hydrogen (secondary N) is 1. The summed E-state index contributed by atoms with van der Waals surface area (Å²) < 4.78 is 10.6. The second-order valence-corrected chi connectivity index (χ2v) is 3.42. The van der Waals surface area contributed by atoms with Crippen LogP contribution in [0.5, 0.6) is 11.5 Å². The molecule has 0 saturated carbocycles. The fraction of sp³-hybridized carbons (Fsp3) is 0.417. The van der Waals surface area contributed by atoms with Crippen LogP contribution in [-0.2, 0) is 11.3 Å². The Balaban J connectivity index is 0.00000289. The third-order valence-corrected chi connectivity index (χ3v) is 2.13. The van der Waals surface area contributed by atoms with Gasteiger partial charge in [-0.1, -0.05) is 6.07 Å². The molecule has 0 unspecified atom stereocenters. The number of hydrogen-bond acceptors (Lipinski definition) is 4. The SMILES string of the molecule is CCOc1ccc(CNCC(=O)O)cc1OC.Cl. The molecule has 1 aromatic carbocycles. The highest BCUT2D eigenvalue weighted by molar-refractivity contribution is 5.85. The molecule has 0 aliphatic carbocycles. The molecular formula is C12H18ClNO4. The fourth-order valence-electron chi connectivity index (χ4n) is 1.41. The van der Waals surface area contributed by atoms with Gasteiger partial charge >= 0.3 is 5.97 Å². The first-order valence-corrected chi connectivity index (χ1v) is 5.39. The molecule has 0 aliphatic heterocycles. The third-order valence-electron chi connectivity index (χ3n) is 2.13. The minimum Gasteiger partial charge on any atom is -0.493 e. The van der Waals surface area contributed by atoms with Crippen molar-refractivity contribution in [2.75, 3.05) is 20.3 Å². The quantitative estimate of drug-likeness (QED) is 0.793. The van der Waals surface area contributed by atoms with Crippen LogP contribution >= 0.6 is 12.4 Å². The number of carbonyl (C=O) groups is 1. The molecule has 1 rings (SSSR count). The molecule has 6 heteroatoms. The number of rotatable bonds is 7. The van der Waals surface area contributed by atoms with Crippen molar-refractivity contribution in [1.29, 1.82) is 0 Å². The summed E-state index contributed by atoms with van der Waals surface area (Å²) in [6.07, 6.45) is 0. The predicted molar refractivity (Wildman–Crippen MR) is 70.8 cm³/mol. The van der Waals surface area contributed by atoms with Gasteiger partial charge in [-0.05, 0) is 24.6 Å². The van der Waals surface area contributed by atoms with E-state index in [9.17, 15) is 4.79 Å². The smallest absolute Gasteiger partial charge is 0.317 e. The first-order valence-electron chi connectivity index (χ1n) is 5.39. The molecule has 0 heterocycles. The lowest BCUT2D eigenvalue weighted by atomic mass is 10.2. The van der Waals surface area contributed by atoms with Crippen molar-refractivity contribution in [3.8, 4) is 11.5 Å². The molecule has 5 nitrogen and oxygen atoms in total. The van der Waals surface area contributed by atoms with Crippen LogP contribution in [0, 0.1) is 0 Å². The highest BCUT2D eigenvalue weighted by atomic mass is 35.5. The van der Waals surface area contributed by atoms with Gasteiger partial charge in [0.25, 0.3) is 0 Å². The molecule has 1 aromatic rings. The van der Waals surface area contributed by atoms with Crippen LogP contribution in [0.2, 0.25) is 0 Å². The van der Waals surface area contributed by atoms with Crippen molar-refractivity contribution in [3.05, 3.63) is 23.8 Å². The fourth-order valence-corrected chi connectivity index (χ4v) is 1.41. The normalized spacial score (nSPS) is 9.44. The van der Waals surface area contributed by atoms with Crippen LogP contribution in [0.15, 0.2) is 18.2 Å². The maximum Gasteiger partial charge on any atom is 0.317 e. The largest absolute Gasteiger partial charge is 0.493 e. The molecule has 0 spiro atoms. The molecule has 0 radical (unpaired) electrons. The number of methoxy groups -OCH3 is 1. The lowest BCUT2D eigenvalue weighted by Gasteiger charge is -2.11. The number of ether oxygens (including phenoxy) is 2. The topological polar surface area (TPSA) is 67.8 Å². The summed E-state index contributed by atoms with van der Waals surface area (Å²) in [5, 5.41) is 11.3. The number of carboxylic acids is 1. The van der Waals surface area contributed by atoms with Crippen LogP contribution in [-0.4, -0.2) is 31.3 Å². The minimum absolute atomic E-state index is 0. The van der Waals surface area contributed by atoms with E-state index in [1.807, 2.05) is 25.1 Å². The van der Waals surface area contributed by atoms with Crippen LogP contribution in [0.1, 0.15) is 12.5 Å². The third kappa shape index (κ3) is 5.25. The second-order valence-electron chi connectivity index (χ2n) is 3.42. The number of halogens is 1. The van der Waals surface area contributed by atoms with E-state index in [0.717, 1.165) is 5.56 Å². The zero-order valence-electron chi connectivity index (χ0n) is 10.4. The Hall–Kier alpha value is -1.46. The summed E-state index contributed by atoms with van der Waals surface area (Å²) in [6.45, 7) is 2.90. The Morgan fingerprint density at radius 1 is 1.39 bits per heavy atom.